The number of anilines is 1. The minimum Gasteiger partial charge on any atom is -0.494 e. The highest BCUT2D eigenvalue weighted by Gasteiger charge is 2.31. The van der Waals surface area contributed by atoms with Gasteiger partial charge in [0.15, 0.2) is 5.75 Å². The van der Waals surface area contributed by atoms with Crippen LogP contribution in [0.5, 0.6) is 11.5 Å². The van der Waals surface area contributed by atoms with Crippen LogP contribution in [0.15, 0.2) is 24.3 Å². The Hall–Kier alpha value is -3.33. The number of para-hydroxylation sites is 1. The summed E-state index contributed by atoms with van der Waals surface area (Å²) in [5.74, 6) is -1.49. The van der Waals surface area contributed by atoms with Gasteiger partial charge in [0.05, 0.1) is 24.2 Å². The third-order valence-corrected chi connectivity index (χ3v) is 4.23. The van der Waals surface area contributed by atoms with E-state index in [1.165, 1.54) is 7.11 Å². The number of carbonyl (C=O) groups is 2. The Bertz CT molecular complexity index is 941. The van der Waals surface area contributed by atoms with E-state index in [1.54, 1.807) is 26.0 Å². The molecule has 0 saturated heterocycles. The monoisotopic (exact) mass is 407 g/mol. The van der Waals surface area contributed by atoms with Crippen LogP contribution in [0, 0.1) is 24.0 Å². The highest BCUT2D eigenvalue weighted by atomic mass is 35.5. The molecule has 0 spiro atoms. The lowest BCUT2D eigenvalue weighted by Crippen LogP contribution is -2.35. The molecule has 0 heterocycles. The molecule has 2 aromatic rings. The number of imide groups is 1. The molecule has 28 heavy (non-hydrogen) atoms. The van der Waals surface area contributed by atoms with Crippen LogP contribution in [0.1, 0.15) is 21.5 Å². The summed E-state index contributed by atoms with van der Waals surface area (Å²) in [7, 11) is 2.39. The first kappa shape index (κ1) is 21.0. The fraction of sp³-hybridized carbons (Fsp3) is 0.222. The molecule has 0 saturated carbocycles. The van der Waals surface area contributed by atoms with Crippen molar-refractivity contribution < 1.29 is 24.0 Å². The minimum absolute atomic E-state index is 0.151. The molecule has 2 N–H and O–H groups in total. The molecule has 0 aliphatic heterocycles. The molecular formula is C18H18ClN3O6. The minimum atomic E-state index is -0.969. The van der Waals surface area contributed by atoms with Gasteiger partial charge >= 0.3 is 11.7 Å². The van der Waals surface area contributed by atoms with Gasteiger partial charge in [0, 0.05) is 11.8 Å². The van der Waals surface area contributed by atoms with Crippen molar-refractivity contribution in [2.75, 3.05) is 19.5 Å². The van der Waals surface area contributed by atoms with Crippen LogP contribution >= 0.6 is 11.6 Å². The van der Waals surface area contributed by atoms with E-state index in [-0.39, 0.29) is 22.1 Å². The molecule has 0 aromatic heterocycles. The van der Waals surface area contributed by atoms with Gasteiger partial charge in [-0.25, -0.2) is 4.79 Å². The Morgan fingerprint density at radius 3 is 2.18 bits per heavy atom. The van der Waals surface area contributed by atoms with Crippen LogP contribution in [-0.2, 0) is 0 Å². The number of methoxy groups -OCH3 is 2. The molecule has 0 radical (unpaired) electrons. The quantitative estimate of drug-likeness (QED) is 0.573. The Morgan fingerprint density at radius 2 is 1.68 bits per heavy atom. The first-order valence-corrected chi connectivity index (χ1v) is 8.36. The van der Waals surface area contributed by atoms with E-state index in [0.717, 1.165) is 24.3 Å². The number of aryl methyl sites for hydroxylation is 2. The molecule has 0 aliphatic carbocycles. The number of nitro groups is 1. The van der Waals surface area contributed by atoms with Gasteiger partial charge in [-0.05, 0) is 25.0 Å². The molecular weight excluding hydrogens is 390 g/mol. The Labute approximate surface area is 165 Å². The maximum absolute atomic E-state index is 12.7. The van der Waals surface area contributed by atoms with E-state index in [4.69, 9.17) is 21.1 Å². The predicted molar refractivity (Wildman–Crippen MR) is 104 cm³/mol. The van der Waals surface area contributed by atoms with Crippen molar-refractivity contribution in [3.8, 4) is 11.5 Å². The van der Waals surface area contributed by atoms with Crippen LogP contribution in [0.4, 0.5) is 16.2 Å². The highest BCUT2D eigenvalue weighted by Crippen LogP contribution is 2.42. The maximum atomic E-state index is 12.7. The van der Waals surface area contributed by atoms with Crippen LogP contribution in [0.25, 0.3) is 0 Å². The van der Waals surface area contributed by atoms with Gasteiger partial charge in [-0.15, -0.1) is 0 Å². The Morgan fingerprint density at radius 1 is 1.11 bits per heavy atom. The second kappa shape index (κ2) is 8.57. The molecule has 10 heteroatoms. The predicted octanol–water partition coefficient (Wildman–Crippen LogP) is 3.84. The number of hydrogen-bond donors (Lipinski definition) is 2. The van der Waals surface area contributed by atoms with E-state index in [2.05, 4.69) is 10.6 Å². The SMILES string of the molecule is COc1c(Cl)cc([N+](=O)[O-])c(OC)c1C(=O)NC(=O)Nc1c(C)cccc1C. The van der Waals surface area contributed by atoms with Crippen LogP contribution < -0.4 is 20.1 Å². The van der Waals surface area contributed by atoms with Crippen LogP contribution in [0.3, 0.4) is 0 Å². The van der Waals surface area contributed by atoms with Gasteiger partial charge in [0.2, 0.25) is 5.75 Å². The summed E-state index contributed by atoms with van der Waals surface area (Å²) in [5.41, 5.74) is 1.26. The third-order valence-electron chi connectivity index (χ3n) is 3.95. The van der Waals surface area contributed by atoms with Gasteiger partial charge in [-0.3, -0.25) is 20.2 Å². The van der Waals surface area contributed by atoms with Crippen molar-refractivity contribution in [3.63, 3.8) is 0 Å². The summed E-state index contributed by atoms with van der Waals surface area (Å²) in [6.45, 7) is 3.60. The van der Waals surface area contributed by atoms with E-state index in [9.17, 15) is 19.7 Å². The fourth-order valence-electron chi connectivity index (χ4n) is 2.67. The zero-order valence-corrected chi connectivity index (χ0v) is 16.3. The molecule has 0 bridgehead atoms. The molecule has 0 unspecified atom stereocenters. The summed E-state index contributed by atoms with van der Waals surface area (Å²) in [6, 6.07) is 5.62. The number of urea groups is 1. The second-order valence-electron chi connectivity index (χ2n) is 5.75. The van der Waals surface area contributed by atoms with E-state index < -0.39 is 22.5 Å². The normalized spacial score (nSPS) is 10.2. The molecule has 0 aliphatic rings. The van der Waals surface area contributed by atoms with Crippen molar-refractivity contribution in [2.24, 2.45) is 0 Å². The van der Waals surface area contributed by atoms with Crippen molar-refractivity contribution in [1.29, 1.82) is 0 Å². The topological polar surface area (TPSA) is 120 Å². The molecule has 0 fully saturated rings. The number of benzene rings is 2. The zero-order valence-electron chi connectivity index (χ0n) is 15.6. The number of hydrogen-bond acceptors (Lipinski definition) is 6. The summed E-state index contributed by atoms with van der Waals surface area (Å²) in [5, 5.41) is 15.8. The average Bonchev–Trinajstić information content (AvgIpc) is 2.63. The van der Waals surface area contributed by atoms with Crippen molar-refractivity contribution in [2.45, 2.75) is 13.8 Å². The Kier molecular flexibility index (Phi) is 6.42. The van der Waals surface area contributed by atoms with E-state index in [1.807, 2.05) is 6.07 Å². The summed E-state index contributed by atoms with van der Waals surface area (Å²) in [4.78, 5) is 35.5. The lowest BCUT2D eigenvalue weighted by Gasteiger charge is -2.15. The lowest BCUT2D eigenvalue weighted by molar-refractivity contribution is -0.385. The molecule has 9 nitrogen and oxygen atoms in total. The van der Waals surface area contributed by atoms with Gasteiger partial charge in [-0.1, -0.05) is 29.8 Å². The first-order chi connectivity index (χ1) is 13.2. The van der Waals surface area contributed by atoms with Gasteiger partial charge < -0.3 is 14.8 Å². The number of nitrogens with one attached hydrogen (secondary N) is 2. The number of carbonyl (C=O) groups excluding carboxylic acids is 2. The van der Waals surface area contributed by atoms with Crippen molar-refractivity contribution in [1.82, 2.24) is 5.32 Å². The molecule has 0 atom stereocenters. The number of amides is 3. The van der Waals surface area contributed by atoms with Crippen molar-refractivity contribution in [3.05, 3.63) is 56.1 Å². The summed E-state index contributed by atoms with van der Waals surface area (Å²) >= 11 is 5.99. The second-order valence-corrected chi connectivity index (χ2v) is 6.16. The van der Waals surface area contributed by atoms with Crippen molar-refractivity contribution >= 4 is 34.9 Å². The summed E-state index contributed by atoms with van der Waals surface area (Å²) < 4.78 is 10.1. The van der Waals surface area contributed by atoms with Crippen LogP contribution in [-0.4, -0.2) is 31.1 Å². The number of halogens is 1. The highest BCUT2D eigenvalue weighted by molar-refractivity contribution is 6.33. The molecule has 2 rings (SSSR count). The van der Waals surface area contributed by atoms with Gasteiger partial charge in [-0.2, -0.15) is 0 Å². The third kappa shape index (κ3) is 4.15. The van der Waals surface area contributed by atoms with E-state index in [0.29, 0.717) is 5.69 Å². The van der Waals surface area contributed by atoms with Gasteiger partial charge in [0.1, 0.15) is 5.56 Å². The number of nitrogens with zero attached hydrogens (tertiary/aromatic N) is 1. The molecule has 2 aromatic carbocycles. The van der Waals surface area contributed by atoms with E-state index >= 15 is 0 Å². The first-order valence-electron chi connectivity index (χ1n) is 7.98. The number of rotatable bonds is 5. The average molecular weight is 408 g/mol. The molecule has 148 valence electrons. The maximum Gasteiger partial charge on any atom is 0.326 e. The number of nitro benzene ring substituents is 1. The van der Waals surface area contributed by atoms with Crippen LogP contribution in [0.2, 0.25) is 5.02 Å². The van der Waals surface area contributed by atoms with Gasteiger partial charge in [0.25, 0.3) is 5.91 Å². The Balaban J connectivity index is 2.40. The largest absolute Gasteiger partial charge is 0.494 e. The zero-order chi connectivity index (χ0) is 21.0. The number of ether oxygens (including phenoxy) is 2. The lowest BCUT2D eigenvalue weighted by atomic mass is 10.1. The fourth-order valence-corrected chi connectivity index (χ4v) is 2.95. The standard InChI is InChI=1S/C18H18ClN3O6/c1-9-6-5-7-10(2)14(9)20-18(24)21-17(23)13-15(27-3)11(19)8-12(22(25)26)16(13)28-4/h5-8H,1-4H3,(H2,20,21,23,24). The smallest absolute Gasteiger partial charge is 0.326 e. The molecule has 3 amide bonds. The summed E-state index contributed by atoms with van der Waals surface area (Å²) in [6.07, 6.45) is 0.